The van der Waals surface area contributed by atoms with Crippen molar-refractivity contribution >= 4 is 11.9 Å². The highest BCUT2D eigenvalue weighted by molar-refractivity contribution is 5.89. The van der Waals surface area contributed by atoms with Gasteiger partial charge in [0.25, 0.3) is 0 Å². The Kier molecular flexibility index (Phi) is 7.19. The molecule has 1 saturated heterocycles. The number of nitrogens with one attached hydrogen (secondary N) is 1. The molecule has 0 unspecified atom stereocenters. The number of benzene rings is 2. The Morgan fingerprint density at radius 1 is 1.12 bits per heavy atom. The summed E-state index contributed by atoms with van der Waals surface area (Å²) in [7, 11) is 0. The van der Waals surface area contributed by atoms with Crippen LogP contribution in [0.1, 0.15) is 48.5 Å². The Labute approximate surface area is 198 Å². The maximum atomic E-state index is 14.8. The van der Waals surface area contributed by atoms with Crippen molar-refractivity contribution in [2.45, 2.75) is 43.7 Å². The highest BCUT2D eigenvalue weighted by Gasteiger charge is 2.52. The van der Waals surface area contributed by atoms with Gasteiger partial charge >= 0.3 is 5.97 Å². The predicted octanol–water partition coefficient (Wildman–Crippen LogP) is 3.58. The topological polar surface area (TPSA) is 88.1 Å². The maximum Gasteiger partial charge on any atom is 0.335 e. The fraction of sp³-hybridized carbons (Fsp3) is 0.462. The molecule has 2 aromatic rings. The average Bonchev–Trinajstić information content (AvgIpc) is 3.63. The number of aromatic carboxylic acids is 1. The molecule has 7 nitrogen and oxygen atoms in total. The van der Waals surface area contributed by atoms with Gasteiger partial charge in [0.05, 0.1) is 11.1 Å². The van der Waals surface area contributed by atoms with E-state index in [1.54, 1.807) is 0 Å². The molecule has 1 aliphatic heterocycles. The molecule has 2 aliphatic rings. The fourth-order valence-electron chi connectivity index (χ4n) is 4.82. The van der Waals surface area contributed by atoms with Crippen LogP contribution in [0.3, 0.4) is 0 Å². The number of amides is 1. The molecular weight excluding hydrogens is 439 g/mol. The fourth-order valence-corrected chi connectivity index (χ4v) is 4.82. The smallest absolute Gasteiger partial charge is 0.335 e. The first-order valence-corrected chi connectivity index (χ1v) is 11.8. The number of para-hydroxylation sites is 1. The van der Waals surface area contributed by atoms with E-state index in [0.29, 0.717) is 64.2 Å². The van der Waals surface area contributed by atoms with Crippen LogP contribution >= 0.6 is 0 Å². The quantitative estimate of drug-likeness (QED) is 0.552. The molecule has 34 heavy (non-hydrogen) atoms. The number of carboxylic acid groups (broad SMARTS) is 1. The lowest BCUT2D eigenvalue weighted by molar-refractivity contribution is -0.142. The third-order valence-electron chi connectivity index (χ3n) is 6.94. The highest BCUT2D eigenvalue weighted by atomic mass is 19.1. The molecule has 1 heterocycles. The number of carbonyl (C=O) groups excluding carboxylic acids is 1. The van der Waals surface area contributed by atoms with Gasteiger partial charge in [-0.2, -0.15) is 0 Å². The summed E-state index contributed by atoms with van der Waals surface area (Å²) < 4.78 is 26.3. The number of carboxylic acids is 1. The number of likely N-dealkylation sites (N-methyl/N-ethyl adjacent to an activating group) is 1. The molecule has 1 aliphatic carbocycles. The summed E-state index contributed by atoms with van der Waals surface area (Å²) in [4.78, 5) is 27.1. The molecule has 1 saturated carbocycles. The van der Waals surface area contributed by atoms with Crippen LogP contribution in [0.15, 0.2) is 48.5 Å². The SMILES string of the molecule is CCN(CCOc1ccccc1)C1(C(=O)NC2(c3ccc(C(=O)O)cc3F)CC2)CCOCC1. The monoisotopic (exact) mass is 470 g/mol. The Bertz CT molecular complexity index is 1020. The number of carbonyl (C=O) groups is 2. The lowest BCUT2D eigenvalue weighted by Gasteiger charge is -2.45. The first-order chi connectivity index (χ1) is 16.4. The summed E-state index contributed by atoms with van der Waals surface area (Å²) in [6, 6.07) is 13.4. The molecule has 1 amide bonds. The van der Waals surface area contributed by atoms with Crippen LogP contribution in [0, 0.1) is 5.82 Å². The van der Waals surface area contributed by atoms with Gasteiger partial charge in [0.2, 0.25) is 5.91 Å². The van der Waals surface area contributed by atoms with Crippen LogP contribution < -0.4 is 10.1 Å². The average molecular weight is 471 g/mol. The van der Waals surface area contributed by atoms with E-state index in [1.165, 1.54) is 12.1 Å². The Morgan fingerprint density at radius 2 is 1.82 bits per heavy atom. The van der Waals surface area contributed by atoms with Crippen LogP contribution in [-0.4, -0.2) is 60.3 Å². The number of nitrogens with zero attached hydrogens (tertiary/aromatic N) is 1. The molecule has 0 aromatic heterocycles. The lowest BCUT2D eigenvalue weighted by Crippen LogP contribution is -2.63. The van der Waals surface area contributed by atoms with Crippen molar-refractivity contribution in [3.8, 4) is 5.75 Å². The molecule has 0 atom stereocenters. The second kappa shape index (κ2) is 10.1. The molecule has 0 bridgehead atoms. The maximum absolute atomic E-state index is 14.8. The third kappa shape index (κ3) is 4.93. The Morgan fingerprint density at radius 3 is 2.41 bits per heavy atom. The van der Waals surface area contributed by atoms with Gasteiger partial charge in [0.1, 0.15) is 23.7 Å². The van der Waals surface area contributed by atoms with Crippen molar-refractivity contribution in [3.05, 3.63) is 65.5 Å². The minimum absolute atomic E-state index is 0.111. The van der Waals surface area contributed by atoms with Gasteiger partial charge in [0.15, 0.2) is 0 Å². The molecule has 2 fully saturated rings. The number of hydrogen-bond acceptors (Lipinski definition) is 5. The van der Waals surface area contributed by atoms with Crippen molar-refractivity contribution in [2.24, 2.45) is 0 Å². The molecule has 4 rings (SSSR count). The summed E-state index contributed by atoms with van der Waals surface area (Å²) in [5.74, 6) is -1.16. The Hall–Kier alpha value is -2.97. The molecule has 0 radical (unpaired) electrons. The van der Waals surface area contributed by atoms with Crippen molar-refractivity contribution < 1.29 is 28.6 Å². The van der Waals surface area contributed by atoms with Crippen LogP contribution in [0.5, 0.6) is 5.75 Å². The zero-order valence-electron chi connectivity index (χ0n) is 19.4. The number of halogens is 1. The molecule has 182 valence electrons. The second-order valence-electron chi connectivity index (χ2n) is 8.92. The minimum atomic E-state index is -1.18. The van der Waals surface area contributed by atoms with Crippen LogP contribution in [0.25, 0.3) is 0 Å². The van der Waals surface area contributed by atoms with Gasteiger partial charge in [-0.1, -0.05) is 31.2 Å². The normalized spacial score (nSPS) is 18.3. The minimum Gasteiger partial charge on any atom is -0.492 e. The van der Waals surface area contributed by atoms with E-state index >= 15 is 0 Å². The zero-order chi connectivity index (χ0) is 24.2. The second-order valence-corrected chi connectivity index (χ2v) is 8.92. The number of rotatable bonds is 10. The molecule has 8 heteroatoms. The van der Waals surface area contributed by atoms with Crippen LogP contribution in [0.2, 0.25) is 0 Å². The van der Waals surface area contributed by atoms with Gasteiger partial charge in [-0.3, -0.25) is 9.69 Å². The summed E-state index contributed by atoms with van der Waals surface area (Å²) in [5.41, 5.74) is -1.35. The standard InChI is InChI=1S/C26H31FN2O5/c1-2-29(14-17-34-20-6-4-3-5-7-20)26(12-15-33-16-13-26)24(32)28-25(10-11-25)21-9-8-19(23(30)31)18-22(21)27/h3-9,18H,2,10-17H2,1H3,(H,28,32)(H,30,31). The number of ether oxygens (including phenoxy) is 2. The predicted molar refractivity (Wildman–Crippen MR) is 124 cm³/mol. The highest BCUT2D eigenvalue weighted by Crippen LogP contribution is 2.47. The summed E-state index contributed by atoms with van der Waals surface area (Å²) in [5, 5.41) is 12.3. The van der Waals surface area contributed by atoms with E-state index in [4.69, 9.17) is 14.6 Å². The van der Waals surface area contributed by atoms with Gasteiger partial charge in [-0.25, -0.2) is 9.18 Å². The van der Waals surface area contributed by atoms with Gasteiger partial charge < -0.3 is 19.9 Å². The Balaban J connectivity index is 1.51. The van der Waals surface area contributed by atoms with Crippen molar-refractivity contribution in [1.29, 1.82) is 0 Å². The van der Waals surface area contributed by atoms with E-state index in [1.807, 2.05) is 37.3 Å². The van der Waals surface area contributed by atoms with E-state index in [2.05, 4.69) is 10.2 Å². The molecule has 2 N–H and O–H groups in total. The summed E-state index contributed by atoms with van der Waals surface area (Å²) in [6.07, 6.45) is 2.29. The number of hydrogen-bond donors (Lipinski definition) is 2. The van der Waals surface area contributed by atoms with Gasteiger partial charge in [-0.05, 0) is 56.5 Å². The van der Waals surface area contributed by atoms with Gasteiger partial charge in [-0.15, -0.1) is 0 Å². The largest absolute Gasteiger partial charge is 0.492 e. The van der Waals surface area contributed by atoms with Crippen LogP contribution in [0.4, 0.5) is 4.39 Å². The lowest BCUT2D eigenvalue weighted by atomic mass is 9.85. The van der Waals surface area contributed by atoms with E-state index in [-0.39, 0.29) is 11.5 Å². The van der Waals surface area contributed by atoms with Crippen molar-refractivity contribution in [3.63, 3.8) is 0 Å². The van der Waals surface area contributed by atoms with Crippen molar-refractivity contribution in [1.82, 2.24) is 10.2 Å². The molecule has 2 aromatic carbocycles. The zero-order valence-corrected chi connectivity index (χ0v) is 19.4. The van der Waals surface area contributed by atoms with E-state index in [9.17, 15) is 14.0 Å². The van der Waals surface area contributed by atoms with Gasteiger partial charge in [0, 0.05) is 25.3 Å². The van der Waals surface area contributed by atoms with Crippen molar-refractivity contribution in [2.75, 3.05) is 32.9 Å². The molecular formula is C26H31FN2O5. The summed E-state index contributed by atoms with van der Waals surface area (Å²) in [6.45, 7) is 4.61. The third-order valence-corrected chi connectivity index (χ3v) is 6.94. The van der Waals surface area contributed by atoms with E-state index in [0.717, 1.165) is 11.8 Å². The van der Waals surface area contributed by atoms with Crippen LogP contribution in [-0.2, 0) is 15.1 Å². The summed E-state index contributed by atoms with van der Waals surface area (Å²) >= 11 is 0. The molecule has 0 spiro atoms. The first kappa shape index (κ1) is 24.2. The van der Waals surface area contributed by atoms with E-state index < -0.39 is 22.9 Å². The first-order valence-electron chi connectivity index (χ1n) is 11.8.